The van der Waals surface area contributed by atoms with Crippen molar-refractivity contribution in [1.29, 1.82) is 0 Å². The van der Waals surface area contributed by atoms with Crippen molar-refractivity contribution in [3.8, 4) is 0 Å². The van der Waals surface area contributed by atoms with Gasteiger partial charge < -0.3 is 5.32 Å². The lowest BCUT2D eigenvalue weighted by molar-refractivity contribution is -0.114. The number of anilines is 1. The van der Waals surface area contributed by atoms with Crippen LogP contribution in [0.3, 0.4) is 0 Å². The van der Waals surface area contributed by atoms with Crippen LogP contribution in [0, 0.1) is 6.20 Å². The van der Waals surface area contributed by atoms with Crippen LogP contribution in [0.4, 0.5) is 5.82 Å². The maximum atomic E-state index is 10.4. The molecule has 0 aliphatic rings. The standard InChI is InChI=1S/C6H6N3O/c1-5(10)9-6-4-7-2-3-8-6/h3-4H,1H3,(H,8,9,10). The molecule has 10 heavy (non-hydrogen) atoms. The minimum Gasteiger partial charge on any atom is -0.310 e. The van der Waals surface area contributed by atoms with Crippen LogP contribution in [0.1, 0.15) is 6.92 Å². The summed E-state index contributed by atoms with van der Waals surface area (Å²) < 4.78 is 0. The maximum Gasteiger partial charge on any atom is 0.222 e. The predicted octanol–water partition coefficient (Wildman–Crippen LogP) is 0.235. The largest absolute Gasteiger partial charge is 0.310 e. The zero-order valence-electron chi connectivity index (χ0n) is 5.46. The maximum absolute atomic E-state index is 10.4. The van der Waals surface area contributed by atoms with Crippen LogP contribution < -0.4 is 5.32 Å². The van der Waals surface area contributed by atoms with Crippen LogP contribution in [-0.4, -0.2) is 15.9 Å². The third-order valence-corrected chi connectivity index (χ3v) is 0.827. The first-order valence-electron chi connectivity index (χ1n) is 2.75. The number of hydrogen-bond donors (Lipinski definition) is 1. The van der Waals surface area contributed by atoms with Gasteiger partial charge in [0, 0.05) is 6.92 Å². The van der Waals surface area contributed by atoms with Crippen molar-refractivity contribution in [2.75, 3.05) is 5.32 Å². The summed E-state index contributed by atoms with van der Waals surface area (Å²) >= 11 is 0. The zero-order valence-corrected chi connectivity index (χ0v) is 5.46. The van der Waals surface area contributed by atoms with Gasteiger partial charge in [0.2, 0.25) is 5.91 Å². The molecule has 1 heterocycles. The fourth-order valence-electron chi connectivity index (χ4n) is 0.508. The van der Waals surface area contributed by atoms with Gasteiger partial charge in [-0.25, -0.2) is 9.97 Å². The summed E-state index contributed by atoms with van der Waals surface area (Å²) in [5.74, 6) is 0.298. The van der Waals surface area contributed by atoms with E-state index in [9.17, 15) is 4.79 Å². The molecule has 4 heteroatoms. The van der Waals surface area contributed by atoms with Crippen LogP contribution in [0.25, 0.3) is 0 Å². The summed E-state index contributed by atoms with van der Waals surface area (Å²) in [4.78, 5) is 17.8. The van der Waals surface area contributed by atoms with Gasteiger partial charge in [-0.15, -0.1) is 0 Å². The Morgan fingerprint density at radius 2 is 2.60 bits per heavy atom. The van der Waals surface area contributed by atoms with E-state index in [2.05, 4.69) is 21.5 Å². The number of aromatic nitrogens is 2. The van der Waals surface area contributed by atoms with Gasteiger partial charge in [0.1, 0.15) is 6.20 Å². The van der Waals surface area contributed by atoms with E-state index < -0.39 is 0 Å². The van der Waals surface area contributed by atoms with Crippen molar-refractivity contribution >= 4 is 11.7 Å². The number of nitrogens with one attached hydrogen (secondary N) is 1. The third kappa shape index (κ3) is 1.81. The SMILES string of the molecule is CC(=O)Nc1cn[c]cn1. The van der Waals surface area contributed by atoms with Crippen molar-refractivity contribution in [2.45, 2.75) is 6.92 Å². The van der Waals surface area contributed by atoms with E-state index in [4.69, 9.17) is 0 Å². The van der Waals surface area contributed by atoms with Crippen molar-refractivity contribution in [3.05, 3.63) is 18.6 Å². The van der Waals surface area contributed by atoms with Gasteiger partial charge >= 0.3 is 0 Å². The molecule has 0 saturated carbocycles. The number of amides is 1. The van der Waals surface area contributed by atoms with Crippen molar-refractivity contribution in [1.82, 2.24) is 9.97 Å². The molecule has 0 aliphatic carbocycles. The van der Waals surface area contributed by atoms with Crippen LogP contribution in [0.5, 0.6) is 0 Å². The van der Waals surface area contributed by atoms with Gasteiger partial charge in [-0.1, -0.05) is 0 Å². The molecule has 1 aromatic rings. The minimum absolute atomic E-state index is 0.152. The number of carbonyl (C=O) groups is 1. The Balaban J connectivity index is 2.67. The highest BCUT2D eigenvalue weighted by atomic mass is 16.1. The predicted molar refractivity (Wildman–Crippen MR) is 35.2 cm³/mol. The Kier molecular flexibility index (Phi) is 1.94. The molecule has 1 N–H and O–H groups in total. The van der Waals surface area contributed by atoms with Gasteiger partial charge in [-0.3, -0.25) is 4.79 Å². The van der Waals surface area contributed by atoms with E-state index in [1.54, 1.807) is 0 Å². The molecule has 4 nitrogen and oxygen atoms in total. The topological polar surface area (TPSA) is 54.9 Å². The highest BCUT2D eigenvalue weighted by Gasteiger charge is 1.92. The summed E-state index contributed by atoms with van der Waals surface area (Å²) in [6.45, 7) is 1.42. The second-order valence-corrected chi connectivity index (χ2v) is 1.71. The lowest BCUT2D eigenvalue weighted by atomic mass is 10.6. The number of nitrogens with zero attached hydrogens (tertiary/aromatic N) is 2. The van der Waals surface area contributed by atoms with E-state index in [1.165, 1.54) is 19.3 Å². The molecule has 0 atom stereocenters. The van der Waals surface area contributed by atoms with Crippen LogP contribution >= 0.6 is 0 Å². The second kappa shape index (κ2) is 2.91. The molecule has 1 aromatic heterocycles. The first-order chi connectivity index (χ1) is 4.79. The summed E-state index contributed by atoms with van der Waals surface area (Å²) in [6, 6.07) is 0. The van der Waals surface area contributed by atoms with Crippen LogP contribution in [0.2, 0.25) is 0 Å². The molecule has 0 spiro atoms. The van der Waals surface area contributed by atoms with Gasteiger partial charge in [-0.2, -0.15) is 0 Å². The molecular formula is C6H6N3O. The molecule has 0 saturated heterocycles. The van der Waals surface area contributed by atoms with Crippen LogP contribution in [0.15, 0.2) is 12.4 Å². The molecule has 0 bridgehead atoms. The fourth-order valence-corrected chi connectivity index (χ4v) is 0.508. The molecule has 1 rings (SSSR count). The lowest BCUT2D eigenvalue weighted by Crippen LogP contribution is -2.07. The normalized spacial score (nSPS) is 8.90. The van der Waals surface area contributed by atoms with Crippen molar-refractivity contribution in [3.63, 3.8) is 0 Å². The zero-order chi connectivity index (χ0) is 7.40. The average Bonchev–Trinajstić information content (AvgIpc) is 1.88. The number of carbonyl (C=O) groups excluding carboxylic acids is 1. The van der Waals surface area contributed by atoms with Crippen molar-refractivity contribution in [2.24, 2.45) is 0 Å². The smallest absolute Gasteiger partial charge is 0.222 e. The highest BCUT2D eigenvalue weighted by molar-refractivity contribution is 5.87. The van der Waals surface area contributed by atoms with E-state index >= 15 is 0 Å². The molecule has 1 radical (unpaired) electrons. The second-order valence-electron chi connectivity index (χ2n) is 1.71. The fraction of sp³-hybridized carbons (Fsp3) is 0.167. The van der Waals surface area contributed by atoms with Crippen molar-refractivity contribution < 1.29 is 4.79 Å². The summed E-state index contributed by atoms with van der Waals surface area (Å²) in [6.07, 6.45) is 5.32. The molecule has 1 amide bonds. The van der Waals surface area contributed by atoms with Gasteiger partial charge in [0.25, 0.3) is 0 Å². The van der Waals surface area contributed by atoms with Gasteiger partial charge in [-0.05, 0) is 0 Å². The Morgan fingerprint density at radius 1 is 1.80 bits per heavy atom. The quantitative estimate of drug-likeness (QED) is 0.601. The van der Waals surface area contributed by atoms with E-state index in [0.29, 0.717) is 5.82 Å². The highest BCUT2D eigenvalue weighted by Crippen LogP contribution is 1.94. The summed E-state index contributed by atoms with van der Waals surface area (Å²) in [5.41, 5.74) is 0. The third-order valence-electron chi connectivity index (χ3n) is 0.827. The monoisotopic (exact) mass is 136 g/mol. The molecule has 0 fully saturated rings. The van der Waals surface area contributed by atoms with E-state index in [1.807, 2.05) is 0 Å². The summed E-state index contributed by atoms with van der Waals surface area (Å²) in [7, 11) is 0. The number of rotatable bonds is 1. The minimum atomic E-state index is -0.152. The molecule has 0 aromatic carbocycles. The first-order valence-corrected chi connectivity index (χ1v) is 2.75. The average molecular weight is 136 g/mol. The summed E-state index contributed by atoms with van der Waals surface area (Å²) in [5, 5.41) is 2.47. The first kappa shape index (κ1) is 6.67. The Bertz CT molecular complexity index is 222. The van der Waals surface area contributed by atoms with Gasteiger partial charge in [0.15, 0.2) is 5.82 Å². The molecule has 0 unspecified atom stereocenters. The lowest BCUT2D eigenvalue weighted by Gasteiger charge is -1.95. The van der Waals surface area contributed by atoms with Crippen LogP contribution in [-0.2, 0) is 4.79 Å². The molecule has 51 valence electrons. The van der Waals surface area contributed by atoms with E-state index in [0.717, 1.165) is 0 Å². The Labute approximate surface area is 58.3 Å². The number of hydrogen-bond acceptors (Lipinski definition) is 3. The van der Waals surface area contributed by atoms with Gasteiger partial charge in [0.05, 0.1) is 12.4 Å². The Morgan fingerprint density at radius 3 is 3.10 bits per heavy atom. The molecule has 0 aliphatic heterocycles. The Hall–Kier alpha value is -1.45. The van der Waals surface area contributed by atoms with E-state index in [-0.39, 0.29) is 5.91 Å². The molecular weight excluding hydrogens is 130 g/mol.